The summed E-state index contributed by atoms with van der Waals surface area (Å²) in [5.74, 6) is 2.26. The number of ether oxygens (including phenoxy) is 1. The van der Waals surface area contributed by atoms with Crippen LogP contribution in [0.4, 0.5) is 5.82 Å². The molecule has 3 nitrogen and oxygen atoms in total. The predicted molar refractivity (Wildman–Crippen MR) is 78.9 cm³/mol. The first-order chi connectivity index (χ1) is 9.24. The Morgan fingerprint density at radius 2 is 1.95 bits per heavy atom. The lowest BCUT2D eigenvalue weighted by molar-refractivity contribution is 0.414. The summed E-state index contributed by atoms with van der Waals surface area (Å²) in [6, 6.07) is 11.9. The lowest BCUT2D eigenvalue weighted by Crippen LogP contribution is -2.19. The second-order valence-corrected chi connectivity index (χ2v) is 4.59. The Morgan fingerprint density at radius 3 is 2.58 bits per heavy atom. The minimum atomic E-state index is 0.468. The summed E-state index contributed by atoms with van der Waals surface area (Å²) < 4.78 is 5.15. The van der Waals surface area contributed by atoms with Crippen molar-refractivity contribution in [3.8, 4) is 5.75 Å². The van der Waals surface area contributed by atoms with E-state index in [1.165, 1.54) is 5.56 Å². The van der Waals surface area contributed by atoms with Crippen LogP contribution < -0.4 is 9.64 Å². The second-order valence-electron chi connectivity index (χ2n) is 4.32. The third-order valence-electron chi connectivity index (χ3n) is 2.95. The highest BCUT2D eigenvalue weighted by Gasteiger charge is 2.08. The normalized spacial score (nSPS) is 10.3. The Balaban J connectivity index is 2.13. The molecule has 4 heteroatoms. The quantitative estimate of drug-likeness (QED) is 0.782. The smallest absolute Gasteiger partial charge is 0.132 e. The van der Waals surface area contributed by atoms with Gasteiger partial charge < -0.3 is 9.64 Å². The van der Waals surface area contributed by atoms with Gasteiger partial charge in [-0.05, 0) is 23.8 Å². The Labute approximate surface area is 118 Å². The predicted octanol–water partition coefficient (Wildman–Crippen LogP) is 3.47. The van der Waals surface area contributed by atoms with Gasteiger partial charge in [0.05, 0.1) is 13.0 Å². The Kier molecular flexibility index (Phi) is 4.63. The van der Waals surface area contributed by atoms with Crippen molar-refractivity contribution < 1.29 is 4.74 Å². The van der Waals surface area contributed by atoms with Gasteiger partial charge in [0.1, 0.15) is 11.6 Å². The highest BCUT2D eigenvalue weighted by molar-refractivity contribution is 6.17. The number of hydrogen-bond acceptors (Lipinski definition) is 3. The summed E-state index contributed by atoms with van der Waals surface area (Å²) in [6.07, 6.45) is 1.79. The van der Waals surface area contributed by atoms with Gasteiger partial charge in [-0.15, -0.1) is 11.6 Å². The number of halogens is 1. The van der Waals surface area contributed by atoms with E-state index >= 15 is 0 Å². The second kappa shape index (κ2) is 6.43. The molecule has 0 radical (unpaired) electrons. The number of alkyl halides is 1. The maximum absolute atomic E-state index is 5.94. The highest BCUT2D eigenvalue weighted by atomic mass is 35.5. The zero-order valence-electron chi connectivity index (χ0n) is 11.1. The monoisotopic (exact) mass is 276 g/mol. The van der Waals surface area contributed by atoms with Gasteiger partial charge in [0.25, 0.3) is 0 Å². The molecule has 0 aliphatic heterocycles. The van der Waals surface area contributed by atoms with Gasteiger partial charge >= 0.3 is 0 Å². The van der Waals surface area contributed by atoms with Crippen LogP contribution in [0.5, 0.6) is 5.75 Å². The lowest BCUT2D eigenvalue weighted by Gasteiger charge is -2.20. The van der Waals surface area contributed by atoms with Crippen molar-refractivity contribution in [2.75, 3.05) is 19.1 Å². The summed E-state index contributed by atoms with van der Waals surface area (Å²) in [6.45, 7) is 0.783. The van der Waals surface area contributed by atoms with Gasteiger partial charge in [-0.25, -0.2) is 4.98 Å². The molecule has 0 spiro atoms. The minimum Gasteiger partial charge on any atom is -0.497 e. The number of pyridine rings is 1. The summed E-state index contributed by atoms with van der Waals surface area (Å²) in [4.78, 5) is 6.49. The molecule has 100 valence electrons. The van der Waals surface area contributed by atoms with E-state index in [-0.39, 0.29) is 0 Å². The van der Waals surface area contributed by atoms with E-state index in [1.54, 1.807) is 13.3 Å². The molecule has 0 atom stereocenters. The Morgan fingerprint density at radius 1 is 1.21 bits per heavy atom. The molecule has 0 aliphatic carbocycles. The highest BCUT2D eigenvalue weighted by Crippen LogP contribution is 2.20. The third-order valence-corrected chi connectivity index (χ3v) is 3.24. The number of methoxy groups -OCH3 is 1. The molecule has 0 saturated carbocycles. The number of rotatable bonds is 5. The summed E-state index contributed by atoms with van der Waals surface area (Å²) >= 11 is 5.94. The van der Waals surface area contributed by atoms with Crippen molar-refractivity contribution >= 4 is 17.4 Å². The van der Waals surface area contributed by atoms with E-state index in [4.69, 9.17) is 16.3 Å². The molecule has 2 aromatic rings. The molecule has 1 aromatic heterocycles. The fraction of sp³-hybridized carbons (Fsp3) is 0.267. The average molecular weight is 277 g/mol. The van der Waals surface area contributed by atoms with Gasteiger partial charge in [-0.3, -0.25) is 0 Å². The largest absolute Gasteiger partial charge is 0.497 e. The van der Waals surface area contributed by atoms with E-state index in [9.17, 15) is 0 Å². The van der Waals surface area contributed by atoms with Gasteiger partial charge in [-0.1, -0.05) is 18.2 Å². The SMILES string of the molecule is COc1ccc(CN(C)c2ncccc2CCl)cc1. The molecular weight excluding hydrogens is 260 g/mol. The van der Waals surface area contributed by atoms with Crippen LogP contribution in [0, 0.1) is 0 Å². The maximum atomic E-state index is 5.94. The zero-order chi connectivity index (χ0) is 13.7. The van der Waals surface area contributed by atoms with Gasteiger partial charge in [0.15, 0.2) is 0 Å². The molecule has 0 saturated heterocycles. The molecule has 0 unspecified atom stereocenters. The molecule has 0 N–H and O–H groups in total. The number of aromatic nitrogens is 1. The van der Waals surface area contributed by atoms with Crippen molar-refractivity contribution in [3.05, 3.63) is 53.7 Å². The van der Waals surface area contributed by atoms with Crippen molar-refractivity contribution in [1.29, 1.82) is 0 Å². The van der Waals surface area contributed by atoms with Crippen LogP contribution in [0.25, 0.3) is 0 Å². The van der Waals surface area contributed by atoms with Crippen LogP contribution in [0.3, 0.4) is 0 Å². The van der Waals surface area contributed by atoms with Crippen LogP contribution in [0.15, 0.2) is 42.6 Å². The zero-order valence-corrected chi connectivity index (χ0v) is 11.9. The van der Waals surface area contributed by atoms with Crippen LogP contribution >= 0.6 is 11.6 Å². The molecule has 0 bridgehead atoms. The number of hydrogen-bond donors (Lipinski definition) is 0. The summed E-state index contributed by atoms with van der Waals surface area (Å²) in [7, 11) is 3.68. The molecule has 0 fully saturated rings. The first kappa shape index (κ1) is 13.7. The Hall–Kier alpha value is -1.74. The summed E-state index contributed by atoms with van der Waals surface area (Å²) in [5.41, 5.74) is 2.25. The lowest BCUT2D eigenvalue weighted by atomic mass is 10.2. The van der Waals surface area contributed by atoms with Crippen LogP contribution in [-0.4, -0.2) is 19.1 Å². The summed E-state index contributed by atoms with van der Waals surface area (Å²) in [5, 5.41) is 0. The van der Waals surface area contributed by atoms with Crippen molar-refractivity contribution in [3.63, 3.8) is 0 Å². The molecule has 1 heterocycles. The number of benzene rings is 1. The topological polar surface area (TPSA) is 25.4 Å². The molecule has 0 aliphatic rings. The fourth-order valence-corrected chi connectivity index (χ4v) is 2.17. The molecule has 19 heavy (non-hydrogen) atoms. The molecule has 0 amide bonds. The first-order valence-corrected chi connectivity index (χ1v) is 6.62. The fourth-order valence-electron chi connectivity index (χ4n) is 1.96. The van der Waals surface area contributed by atoms with E-state index in [0.29, 0.717) is 5.88 Å². The van der Waals surface area contributed by atoms with Crippen molar-refractivity contribution in [2.45, 2.75) is 12.4 Å². The van der Waals surface area contributed by atoms with Gasteiger partial charge in [0.2, 0.25) is 0 Å². The third kappa shape index (κ3) is 3.38. The number of anilines is 1. The maximum Gasteiger partial charge on any atom is 0.132 e. The van der Waals surface area contributed by atoms with E-state index in [2.05, 4.69) is 22.0 Å². The van der Waals surface area contributed by atoms with Gasteiger partial charge in [0, 0.05) is 25.4 Å². The molecule has 1 aromatic carbocycles. The van der Waals surface area contributed by atoms with E-state index in [1.807, 2.05) is 31.3 Å². The number of nitrogens with zero attached hydrogens (tertiary/aromatic N) is 2. The van der Waals surface area contributed by atoms with Crippen LogP contribution in [0.1, 0.15) is 11.1 Å². The van der Waals surface area contributed by atoms with Crippen LogP contribution in [0.2, 0.25) is 0 Å². The van der Waals surface area contributed by atoms with Crippen molar-refractivity contribution in [1.82, 2.24) is 4.98 Å². The standard InChI is InChI=1S/C15H17ClN2O/c1-18(15-13(10-16)4-3-9-17-15)11-12-5-7-14(19-2)8-6-12/h3-9H,10-11H2,1-2H3. The molecule has 2 rings (SSSR count). The van der Waals surface area contributed by atoms with E-state index < -0.39 is 0 Å². The van der Waals surface area contributed by atoms with Crippen LogP contribution in [-0.2, 0) is 12.4 Å². The Bertz CT molecular complexity index is 528. The minimum absolute atomic E-state index is 0.468. The van der Waals surface area contributed by atoms with Gasteiger partial charge in [-0.2, -0.15) is 0 Å². The first-order valence-electron chi connectivity index (χ1n) is 6.08. The molecular formula is C15H17ClN2O. The van der Waals surface area contributed by atoms with Crippen molar-refractivity contribution in [2.24, 2.45) is 0 Å². The average Bonchev–Trinajstić information content (AvgIpc) is 2.48. The van der Waals surface area contributed by atoms with E-state index in [0.717, 1.165) is 23.7 Å².